The molecular formula is C22H18N2O2S. The van der Waals surface area contributed by atoms with E-state index in [1.54, 1.807) is 17.6 Å². The van der Waals surface area contributed by atoms with E-state index in [2.05, 4.69) is 16.2 Å². The molecule has 5 heteroatoms. The molecule has 0 bridgehead atoms. The number of para-hydroxylation sites is 1. The van der Waals surface area contributed by atoms with Gasteiger partial charge in [-0.05, 0) is 47.5 Å². The first-order valence-electron chi connectivity index (χ1n) is 8.63. The largest absolute Gasteiger partial charge is 0.489 e. The SMILES string of the molecule is C(=N/OCc1nc2ccccc2s1)/c1ccc(OCc2ccccc2)cc1. The number of hydrogen-bond donors (Lipinski definition) is 0. The second-order valence-electron chi connectivity index (χ2n) is 5.93. The fourth-order valence-corrected chi connectivity index (χ4v) is 3.44. The normalized spacial score (nSPS) is 11.1. The van der Waals surface area contributed by atoms with Crippen LogP contribution >= 0.6 is 11.3 Å². The summed E-state index contributed by atoms with van der Waals surface area (Å²) in [6.45, 7) is 0.924. The number of ether oxygens (including phenoxy) is 1. The van der Waals surface area contributed by atoms with Crippen LogP contribution in [-0.4, -0.2) is 11.2 Å². The maximum absolute atomic E-state index is 5.78. The molecule has 0 fully saturated rings. The molecule has 4 rings (SSSR count). The van der Waals surface area contributed by atoms with Crippen molar-refractivity contribution >= 4 is 27.8 Å². The van der Waals surface area contributed by atoms with Crippen molar-refractivity contribution in [2.24, 2.45) is 5.16 Å². The fraction of sp³-hybridized carbons (Fsp3) is 0.0909. The zero-order valence-electron chi connectivity index (χ0n) is 14.6. The van der Waals surface area contributed by atoms with Crippen LogP contribution in [0.4, 0.5) is 0 Å². The average Bonchev–Trinajstić information content (AvgIpc) is 3.14. The van der Waals surface area contributed by atoms with Gasteiger partial charge in [0.25, 0.3) is 0 Å². The number of oxime groups is 1. The van der Waals surface area contributed by atoms with Crippen molar-refractivity contribution in [1.82, 2.24) is 4.98 Å². The molecule has 3 aromatic carbocycles. The number of fused-ring (bicyclic) bond motifs is 1. The molecule has 4 aromatic rings. The van der Waals surface area contributed by atoms with Crippen LogP contribution < -0.4 is 4.74 Å². The standard InChI is InChI=1S/C22H18N2O2S/c1-2-6-18(7-3-1)15-25-19-12-10-17(11-13-19)14-23-26-16-22-24-20-8-4-5-9-21(20)27-22/h1-14H,15-16H2/b23-14-. The van der Waals surface area contributed by atoms with E-state index in [1.165, 1.54) is 0 Å². The predicted octanol–water partition coefficient (Wildman–Crippen LogP) is 5.43. The van der Waals surface area contributed by atoms with Gasteiger partial charge in [0, 0.05) is 0 Å². The van der Waals surface area contributed by atoms with Gasteiger partial charge in [0.05, 0.1) is 16.4 Å². The van der Waals surface area contributed by atoms with Crippen molar-refractivity contribution in [3.05, 3.63) is 95.0 Å². The molecule has 1 aromatic heterocycles. The molecule has 0 aliphatic rings. The van der Waals surface area contributed by atoms with Gasteiger partial charge in [-0.25, -0.2) is 4.98 Å². The smallest absolute Gasteiger partial charge is 0.168 e. The van der Waals surface area contributed by atoms with E-state index in [4.69, 9.17) is 9.57 Å². The molecule has 27 heavy (non-hydrogen) atoms. The van der Waals surface area contributed by atoms with Crippen LogP contribution in [0.15, 0.2) is 84.0 Å². The number of rotatable bonds is 7. The van der Waals surface area contributed by atoms with Gasteiger partial charge >= 0.3 is 0 Å². The summed E-state index contributed by atoms with van der Waals surface area (Å²) in [7, 11) is 0. The quantitative estimate of drug-likeness (QED) is 0.320. The molecule has 1 heterocycles. The predicted molar refractivity (Wildman–Crippen MR) is 109 cm³/mol. The highest BCUT2D eigenvalue weighted by Crippen LogP contribution is 2.22. The van der Waals surface area contributed by atoms with Crippen molar-refractivity contribution in [3.63, 3.8) is 0 Å². The van der Waals surface area contributed by atoms with E-state index in [9.17, 15) is 0 Å². The van der Waals surface area contributed by atoms with Gasteiger partial charge in [-0.3, -0.25) is 0 Å². The lowest BCUT2D eigenvalue weighted by atomic mass is 10.2. The Labute approximate surface area is 161 Å². The molecular weight excluding hydrogens is 356 g/mol. The number of benzene rings is 3. The van der Waals surface area contributed by atoms with Crippen LogP contribution in [0.3, 0.4) is 0 Å². The van der Waals surface area contributed by atoms with Gasteiger partial charge in [0.15, 0.2) is 6.61 Å². The molecule has 0 aliphatic heterocycles. The van der Waals surface area contributed by atoms with Crippen LogP contribution in [0.5, 0.6) is 5.75 Å². The first kappa shape index (κ1) is 17.2. The second kappa shape index (κ2) is 8.47. The molecule has 0 spiro atoms. The van der Waals surface area contributed by atoms with E-state index in [-0.39, 0.29) is 0 Å². The van der Waals surface area contributed by atoms with E-state index < -0.39 is 0 Å². The number of nitrogens with zero attached hydrogens (tertiary/aromatic N) is 2. The minimum absolute atomic E-state index is 0.369. The second-order valence-corrected chi connectivity index (χ2v) is 7.04. The maximum atomic E-state index is 5.78. The molecule has 0 atom stereocenters. The summed E-state index contributed by atoms with van der Waals surface area (Å²) in [6, 6.07) is 25.9. The van der Waals surface area contributed by atoms with E-state index in [1.807, 2.05) is 72.8 Å². The fourth-order valence-electron chi connectivity index (χ4n) is 2.56. The molecule has 0 N–H and O–H groups in total. The highest BCUT2D eigenvalue weighted by molar-refractivity contribution is 7.18. The third kappa shape index (κ3) is 4.71. The third-order valence-electron chi connectivity index (χ3n) is 3.93. The molecule has 134 valence electrons. The van der Waals surface area contributed by atoms with Crippen LogP contribution in [-0.2, 0) is 18.1 Å². The minimum Gasteiger partial charge on any atom is -0.489 e. The Morgan fingerprint density at radius 1 is 0.852 bits per heavy atom. The maximum Gasteiger partial charge on any atom is 0.168 e. The molecule has 0 radical (unpaired) electrons. The summed E-state index contributed by atoms with van der Waals surface area (Å²) in [5, 5.41) is 4.95. The summed E-state index contributed by atoms with van der Waals surface area (Å²) in [4.78, 5) is 9.89. The molecule has 0 saturated heterocycles. The summed E-state index contributed by atoms with van der Waals surface area (Å²) >= 11 is 1.62. The Morgan fingerprint density at radius 3 is 2.44 bits per heavy atom. The number of hydrogen-bond acceptors (Lipinski definition) is 5. The lowest BCUT2D eigenvalue weighted by Gasteiger charge is -2.06. The molecule has 4 nitrogen and oxygen atoms in total. The van der Waals surface area contributed by atoms with Crippen molar-refractivity contribution in [1.29, 1.82) is 0 Å². The van der Waals surface area contributed by atoms with Crippen LogP contribution in [0.2, 0.25) is 0 Å². The number of aromatic nitrogens is 1. The Morgan fingerprint density at radius 2 is 1.63 bits per heavy atom. The summed E-state index contributed by atoms with van der Waals surface area (Å²) in [6.07, 6.45) is 1.69. The highest BCUT2D eigenvalue weighted by Gasteiger charge is 2.02. The summed E-state index contributed by atoms with van der Waals surface area (Å²) in [5.74, 6) is 0.825. The van der Waals surface area contributed by atoms with Crippen LogP contribution in [0, 0.1) is 0 Å². The monoisotopic (exact) mass is 374 g/mol. The van der Waals surface area contributed by atoms with Crippen molar-refractivity contribution in [2.45, 2.75) is 13.2 Å². The lowest BCUT2D eigenvalue weighted by Crippen LogP contribution is -1.95. The van der Waals surface area contributed by atoms with Gasteiger partial charge in [-0.1, -0.05) is 47.6 Å². The Bertz CT molecular complexity index is 994. The van der Waals surface area contributed by atoms with Crippen LogP contribution in [0.1, 0.15) is 16.1 Å². The molecule has 0 amide bonds. The van der Waals surface area contributed by atoms with Gasteiger partial charge in [0.1, 0.15) is 17.4 Å². The van der Waals surface area contributed by atoms with E-state index >= 15 is 0 Å². The lowest BCUT2D eigenvalue weighted by molar-refractivity contribution is 0.132. The third-order valence-corrected chi connectivity index (χ3v) is 4.94. The van der Waals surface area contributed by atoms with Crippen molar-refractivity contribution in [3.8, 4) is 5.75 Å². The van der Waals surface area contributed by atoms with Crippen LogP contribution in [0.25, 0.3) is 10.2 Å². The highest BCUT2D eigenvalue weighted by atomic mass is 32.1. The Balaban J connectivity index is 1.27. The molecule has 0 saturated carbocycles. The van der Waals surface area contributed by atoms with Gasteiger partial charge in [-0.15, -0.1) is 11.3 Å². The van der Waals surface area contributed by atoms with E-state index in [0.717, 1.165) is 32.1 Å². The Kier molecular flexibility index (Phi) is 5.41. The summed E-state index contributed by atoms with van der Waals surface area (Å²) < 4.78 is 6.94. The summed E-state index contributed by atoms with van der Waals surface area (Å²) in [5.41, 5.74) is 3.09. The van der Waals surface area contributed by atoms with Crippen molar-refractivity contribution < 1.29 is 9.57 Å². The zero-order valence-corrected chi connectivity index (χ0v) is 15.4. The first-order valence-corrected chi connectivity index (χ1v) is 9.45. The average molecular weight is 374 g/mol. The van der Waals surface area contributed by atoms with Gasteiger partial charge in [-0.2, -0.15) is 0 Å². The molecule has 0 aliphatic carbocycles. The van der Waals surface area contributed by atoms with E-state index in [0.29, 0.717) is 13.2 Å². The minimum atomic E-state index is 0.369. The number of thiazole rings is 1. The van der Waals surface area contributed by atoms with Crippen molar-refractivity contribution in [2.75, 3.05) is 0 Å². The molecule has 0 unspecified atom stereocenters. The topological polar surface area (TPSA) is 43.7 Å². The van der Waals surface area contributed by atoms with Gasteiger partial charge < -0.3 is 9.57 Å². The first-order chi connectivity index (χ1) is 13.4. The van der Waals surface area contributed by atoms with Gasteiger partial charge in [0.2, 0.25) is 0 Å². The zero-order chi connectivity index (χ0) is 18.3. The Hall–Kier alpha value is -3.18.